The van der Waals surface area contributed by atoms with Gasteiger partial charge in [-0.25, -0.2) is 0 Å². The first kappa shape index (κ1) is 19.2. The van der Waals surface area contributed by atoms with E-state index >= 15 is 0 Å². The molecule has 1 unspecified atom stereocenters. The zero-order chi connectivity index (χ0) is 16.8. The van der Waals surface area contributed by atoms with E-state index < -0.39 is 6.29 Å². The molecule has 1 rings (SSSR count). The van der Waals surface area contributed by atoms with E-state index in [0.29, 0.717) is 5.92 Å². The van der Waals surface area contributed by atoms with Crippen molar-refractivity contribution in [2.75, 3.05) is 0 Å². The summed E-state index contributed by atoms with van der Waals surface area (Å²) in [6.07, 6.45) is 10.9. The van der Waals surface area contributed by atoms with Gasteiger partial charge in [0.25, 0.3) is 0 Å². The maximum absolute atomic E-state index is 10.2. The van der Waals surface area contributed by atoms with Gasteiger partial charge in [-0.2, -0.15) is 0 Å². The Morgan fingerprint density at radius 2 is 2.09 bits per heavy atom. The number of hydrogen-bond acceptors (Lipinski definition) is 2. The normalized spacial score (nSPS) is 21.3. The van der Waals surface area contributed by atoms with Crippen molar-refractivity contribution in [2.45, 2.75) is 85.5 Å². The highest BCUT2D eigenvalue weighted by Crippen LogP contribution is 2.34. The molecule has 0 saturated carbocycles. The van der Waals surface area contributed by atoms with Crippen molar-refractivity contribution in [2.24, 2.45) is 5.92 Å². The van der Waals surface area contributed by atoms with E-state index in [1.807, 2.05) is 6.08 Å². The minimum Gasteiger partial charge on any atom is -0.365 e. The number of allylic oxidation sites excluding steroid dienone is 5. The van der Waals surface area contributed by atoms with Gasteiger partial charge in [-0.1, -0.05) is 28.9 Å². The Bertz CT molecular complexity index is 437. The molecule has 0 bridgehead atoms. The van der Waals surface area contributed by atoms with Crippen LogP contribution in [-0.2, 0) is 4.74 Å². The molecule has 0 aromatic carbocycles. The van der Waals surface area contributed by atoms with Crippen LogP contribution in [0.15, 0.2) is 34.9 Å². The van der Waals surface area contributed by atoms with Crippen molar-refractivity contribution in [3.63, 3.8) is 0 Å². The predicted molar refractivity (Wildman–Crippen MR) is 94.7 cm³/mol. The molecule has 1 N–H and O–H groups in total. The van der Waals surface area contributed by atoms with Crippen LogP contribution in [0.1, 0.15) is 73.6 Å². The largest absolute Gasteiger partial charge is 0.365 e. The van der Waals surface area contributed by atoms with Gasteiger partial charge in [0, 0.05) is 0 Å². The average molecular weight is 306 g/mol. The summed E-state index contributed by atoms with van der Waals surface area (Å²) in [5.41, 5.74) is 3.70. The second-order valence-electron chi connectivity index (χ2n) is 7.47. The highest BCUT2D eigenvalue weighted by Gasteiger charge is 2.32. The fourth-order valence-corrected chi connectivity index (χ4v) is 2.95. The third kappa shape index (κ3) is 6.93. The number of hydrogen-bond donors (Lipinski definition) is 1. The lowest BCUT2D eigenvalue weighted by atomic mass is 9.79. The smallest absolute Gasteiger partial charge is 0.175 e. The molecule has 1 aliphatic rings. The van der Waals surface area contributed by atoms with Crippen LogP contribution < -0.4 is 0 Å². The lowest BCUT2D eigenvalue weighted by Crippen LogP contribution is -2.38. The standard InChI is InChI=1S/C20H34O2/c1-15(2)8-7-9-17(4)14-19(21)22-20(5,6)18-12-10-16(3)11-13-18/h8,10,14,18-19,21H,7,9,11-13H2,1-6H3/b17-14+/t18-,19?/m0/s1. The van der Waals surface area contributed by atoms with Crippen LogP contribution in [0.2, 0.25) is 0 Å². The Kier molecular flexibility index (Phi) is 7.58. The quantitative estimate of drug-likeness (QED) is 0.494. The SMILES string of the molecule is CC(C)=CCC/C(C)=C/C(O)OC(C)(C)[C@H]1CC=C(C)CC1. The molecular weight excluding hydrogens is 272 g/mol. The van der Waals surface area contributed by atoms with Crippen LogP contribution >= 0.6 is 0 Å². The maximum atomic E-state index is 10.2. The Balaban J connectivity index is 2.51. The summed E-state index contributed by atoms with van der Waals surface area (Å²) >= 11 is 0. The highest BCUT2D eigenvalue weighted by atomic mass is 16.6. The van der Waals surface area contributed by atoms with Crippen molar-refractivity contribution < 1.29 is 9.84 Å². The van der Waals surface area contributed by atoms with Gasteiger partial charge in [-0.3, -0.25) is 0 Å². The lowest BCUT2D eigenvalue weighted by Gasteiger charge is -2.37. The molecule has 126 valence electrons. The molecule has 0 spiro atoms. The number of ether oxygens (including phenoxy) is 1. The minimum atomic E-state index is -0.811. The molecule has 0 radical (unpaired) electrons. The summed E-state index contributed by atoms with van der Waals surface area (Å²) in [4.78, 5) is 0. The van der Waals surface area contributed by atoms with E-state index in [9.17, 15) is 5.11 Å². The molecule has 0 heterocycles. The van der Waals surface area contributed by atoms with Crippen LogP contribution in [-0.4, -0.2) is 17.0 Å². The monoisotopic (exact) mass is 306 g/mol. The lowest BCUT2D eigenvalue weighted by molar-refractivity contribution is -0.169. The van der Waals surface area contributed by atoms with Gasteiger partial charge in [-0.05, 0) is 85.6 Å². The van der Waals surface area contributed by atoms with Gasteiger partial charge in [0.1, 0.15) is 0 Å². The van der Waals surface area contributed by atoms with E-state index in [0.717, 1.165) is 32.1 Å². The highest BCUT2D eigenvalue weighted by molar-refractivity contribution is 5.06. The third-order valence-electron chi connectivity index (χ3n) is 4.56. The topological polar surface area (TPSA) is 29.5 Å². The molecule has 0 aromatic rings. The first-order valence-corrected chi connectivity index (χ1v) is 8.53. The predicted octanol–water partition coefficient (Wildman–Crippen LogP) is 5.54. The van der Waals surface area contributed by atoms with E-state index in [4.69, 9.17) is 4.74 Å². The Hall–Kier alpha value is -0.860. The summed E-state index contributed by atoms with van der Waals surface area (Å²) in [6.45, 7) is 12.7. The summed E-state index contributed by atoms with van der Waals surface area (Å²) in [6, 6.07) is 0. The average Bonchev–Trinajstić information content (AvgIpc) is 2.37. The van der Waals surface area contributed by atoms with Gasteiger partial charge in [-0.15, -0.1) is 0 Å². The molecule has 0 aliphatic heterocycles. The molecular formula is C20H34O2. The van der Waals surface area contributed by atoms with E-state index in [1.165, 1.54) is 16.7 Å². The van der Waals surface area contributed by atoms with Crippen LogP contribution in [0, 0.1) is 5.92 Å². The first-order valence-electron chi connectivity index (χ1n) is 8.53. The molecule has 2 heteroatoms. The molecule has 0 amide bonds. The molecule has 1 aliphatic carbocycles. The molecule has 22 heavy (non-hydrogen) atoms. The van der Waals surface area contributed by atoms with Crippen molar-refractivity contribution in [3.05, 3.63) is 34.9 Å². The zero-order valence-corrected chi connectivity index (χ0v) is 15.3. The van der Waals surface area contributed by atoms with Gasteiger partial charge < -0.3 is 9.84 Å². The summed E-state index contributed by atoms with van der Waals surface area (Å²) < 4.78 is 5.95. The number of aliphatic hydroxyl groups excluding tert-OH is 1. The molecule has 2 nitrogen and oxygen atoms in total. The first-order chi connectivity index (χ1) is 10.2. The second-order valence-corrected chi connectivity index (χ2v) is 7.47. The molecule has 2 atom stereocenters. The second kappa shape index (κ2) is 8.69. The van der Waals surface area contributed by atoms with E-state index in [2.05, 4.69) is 53.7 Å². The zero-order valence-electron chi connectivity index (χ0n) is 15.3. The van der Waals surface area contributed by atoms with Crippen LogP contribution in [0.3, 0.4) is 0 Å². The summed E-state index contributed by atoms with van der Waals surface area (Å²) in [7, 11) is 0. The molecule has 0 fully saturated rings. The maximum Gasteiger partial charge on any atom is 0.175 e. The third-order valence-corrected chi connectivity index (χ3v) is 4.56. The molecule has 0 saturated heterocycles. The summed E-state index contributed by atoms with van der Waals surface area (Å²) in [5.74, 6) is 0.477. The van der Waals surface area contributed by atoms with Gasteiger partial charge in [0.15, 0.2) is 6.29 Å². The summed E-state index contributed by atoms with van der Waals surface area (Å²) in [5, 5.41) is 10.2. The van der Waals surface area contributed by atoms with Crippen LogP contribution in [0.25, 0.3) is 0 Å². The Morgan fingerprint density at radius 1 is 1.41 bits per heavy atom. The fourth-order valence-electron chi connectivity index (χ4n) is 2.95. The van der Waals surface area contributed by atoms with Crippen LogP contribution in [0.5, 0.6) is 0 Å². The Morgan fingerprint density at radius 3 is 2.64 bits per heavy atom. The van der Waals surface area contributed by atoms with Crippen molar-refractivity contribution >= 4 is 0 Å². The van der Waals surface area contributed by atoms with Crippen molar-refractivity contribution in [1.29, 1.82) is 0 Å². The van der Waals surface area contributed by atoms with Gasteiger partial charge >= 0.3 is 0 Å². The number of aliphatic hydroxyl groups is 1. The Labute approximate surface area is 137 Å². The van der Waals surface area contributed by atoms with E-state index in [1.54, 1.807) is 0 Å². The van der Waals surface area contributed by atoms with Gasteiger partial charge in [0.05, 0.1) is 5.60 Å². The van der Waals surface area contributed by atoms with Crippen molar-refractivity contribution in [1.82, 2.24) is 0 Å². The van der Waals surface area contributed by atoms with E-state index in [-0.39, 0.29) is 5.60 Å². The fraction of sp³-hybridized carbons (Fsp3) is 0.700. The van der Waals surface area contributed by atoms with Gasteiger partial charge in [0.2, 0.25) is 0 Å². The van der Waals surface area contributed by atoms with Crippen molar-refractivity contribution in [3.8, 4) is 0 Å². The minimum absolute atomic E-state index is 0.298. The number of rotatable bonds is 7. The van der Waals surface area contributed by atoms with Crippen LogP contribution in [0.4, 0.5) is 0 Å². The molecule has 0 aromatic heterocycles.